The summed E-state index contributed by atoms with van der Waals surface area (Å²) >= 11 is 0. The summed E-state index contributed by atoms with van der Waals surface area (Å²) in [5.74, 6) is 0.565. The van der Waals surface area contributed by atoms with E-state index in [0.717, 1.165) is 30.4 Å². The van der Waals surface area contributed by atoms with Crippen LogP contribution in [0, 0.1) is 5.82 Å². The van der Waals surface area contributed by atoms with Crippen molar-refractivity contribution in [1.82, 2.24) is 15.5 Å². The first-order valence-electron chi connectivity index (χ1n) is 9.19. The average molecular weight is 348 g/mol. The van der Waals surface area contributed by atoms with E-state index in [1.165, 1.54) is 38.1 Å². The number of likely N-dealkylation sites (tertiary alicyclic amines) is 1. The van der Waals surface area contributed by atoms with Gasteiger partial charge in [-0.25, -0.2) is 4.39 Å². The molecule has 1 aromatic carbocycles. The minimum atomic E-state index is -0.235. The molecule has 1 saturated carbocycles. The Kier molecular flexibility index (Phi) is 6.26. The van der Waals surface area contributed by atoms with Crippen LogP contribution in [0.3, 0.4) is 0 Å². The number of methoxy groups -OCH3 is 1. The molecule has 1 heterocycles. The second-order valence-corrected chi connectivity index (χ2v) is 6.91. The van der Waals surface area contributed by atoms with Crippen molar-refractivity contribution in [3.63, 3.8) is 0 Å². The Bertz CT molecular complexity index is 565. The van der Waals surface area contributed by atoms with E-state index in [1.807, 2.05) is 0 Å². The molecular formula is C19H29FN4O. The Morgan fingerprint density at radius 2 is 1.92 bits per heavy atom. The summed E-state index contributed by atoms with van der Waals surface area (Å²) in [6.45, 7) is 2.94. The van der Waals surface area contributed by atoms with E-state index < -0.39 is 0 Å². The zero-order valence-electron chi connectivity index (χ0n) is 15.2. The van der Waals surface area contributed by atoms with E-state index in [-0.39, 0.29) is 11.9 Å². The van der Waals surface area contributed by atoms with E-state index in [4.69, 9.17) is 4.74 Å². The molecule has 1 saturated heterocycles. The monoisotopic (exact) mass is 348 g/mol. The minimum Gasteiger partial charge on any atom is -0.375 e. The molecule has 0 spiro atoms. The van der Waals surface area contributed by atoms with E-state index in [0.29, 0.717) is 12.6 Å². The summed E-state index contributed by atoms with van der Waals surface area (Å²) in [5.41, 5.74) is 0.949. The Hall–Kier alpha value is -1.66. The maximum Gasteiger partial charge on any atom is 0.191 e. The highest BCUT2D eigenvalue weighted by Crippen LogP contribution is 2.29. The smallest absolute Gasteiger partial charge is 0.191 e. The Balaban J connectivity index is 1.45. The summed E-state index contributed by atoms with van der Waals surface area (Å²) in [6.07, 6.45) is 4.92. The van der Waals surface area contributed by atoms with E-state index in [2.05, 4.69) is 20.5 Å². The maximum absolute atomic E-state index is 13.1. The number of hydrogen-bond acceptors (Lipinski definition) is 3. The summed E-state index contributed by atoms with van der Waals surface area (Å²) in [7, 11) is 3.45. The van der Waals surface area contributed by atoms with Crippen LogP contribution < -0.4 is 10.6 Å². The predicted molar refractivity (Wildman–Crippen MR) is 98.3 cm³/mol. The molecular weight excluding hydrogens is 319 g/mol. The van der Waals surface area contributed by atoms with Crippen molar-refractivity contribution in [2.75, 3.05) is 33.8 Å². The second kappa shape index (κ2) is 8.63. The van der Waals surface area contributed by atoms with Gasteiger partial charge in [-0.15, -0.1) is 0 Å². The number of benzene rings is 1. The lowest BCUT2D eigenvalue weighted by Gasteiger charge is -2.33. The van der Waals surface area contributed by atoms with Crippen LogP contribution in [0.15, 0.2) is 29.3 Å². The van der Waals surface area contributed by atoms with Gasteiger partial charge in [0.15, 0.2) is 5.96 Å². The lowest BCUT2D eigenvalue weighted by molar-refractivity contribution is 0.106. The average Bonchev–Trinajstić information content (AvgIpc) is 3.48. The van der Waals surface area contributed by atoms with E-state index in [1.54, 1.807) is 26.3 Å². The molecule has 1 atom stereocenters. The number of nitrogens with one attached hydrogen (secondary N) is 2. The number of piperidine rings is 1. The van der Waals surface area contributed by atoms with Crippen molar-refractivity contribution in [3.8, 4) is 0 Å². The van der Waals surface area contributed by atoms with Gasteiger partial charge in [0, 0.05) is 45.9 Å². The van der Waals surface area contributed by atoms with Crippen LogP contribution in [0.1, 0.15) is 37.4 Å². The van der Waals surface area contributed by atoms with Crippen LogP contribution in [-0.2, 0) is 4.74 Å². The van der Waals surface area contributed by atoms with Gasteiger partial charge < -0.3 is 20.3 Å². The molecule has 25 heavy (non-hydrogen) atoms. The fraction of sp³-hybridized carbons (Fsp3) is 0.632. The Labute approximate surface area is 149 Å². The lowest BCUT2D eigenvalue weighted by Crippen LogP contribution is -2.49. The van der Waals surface area contributed by atoms with Crippen molar-refractivity contribution in [2.45, 2.75) is 43.9 Å². The third-order valence-corrected chi connectivity index (χ3v) is 5.14. The van der Waals surface area contributed by atoms with Crippen molar-refractivity contribution in [2.24, 2.45) is 4.99 Å². The van der Waals surface area contributed by atoms with Crippen molar-refractivity contribution in [1.29, 1.82) is 0 Å². The zero-order chi connectivity index (χ0) is 17.6. The van der Waals surface area contributed by atoms with Crippen LogP contribution in [0.5, 0.6) is 0 Å². The summed E-state index contributed by atoms with van der Waals surface area (Å²) < 4.78 is 18.6. The molecule has 1 aliphatic heterocycles. The quantitative estimate of drug-likeness (QED) is 0.612. The fourth-order valence-electron chi connectivity index (χ4n) is 3.44. The van der Waals surface area contributed by atoms with Gasteiger partial charge in [-0.2, -0.15) is 0 Å². The van der Waals surface area contributed by atoms with Crippen LogP contribution in [0.4, 0.5) is 4.39 Å². The van der Waals surface area contributed by atoms with Gasteiger partial charge in [-0.1, -0.05) is 12.1 Å². The number of hydrogen-bond donors (Lipinski definition) is 2. The van der Waals surface area contributed by atoms with Gasteiger partial charge in [0.05, 0.1) is 6.10 Å². The third kappa shape index (κ3) is 5.16. The molecule has 3 rings (SSSR count). The molecule has 0 radical (unpaired) electrons. The third-order valence-electron chi connectivity index (χ3n) is 5.14. The summed E-state index contributed by atoms with van der Waals surface area (Å²) in [5, 5.41) is 6.86. The van der Waals surface area contributed by atoms with Crippen molar-refractivity contribution in [3.05, 3.63) is 35.6 Å². The second-order valence-electron chi connectivity index (χ2n) is 6.91. The van der Waals surface area contributed by atoms with Crippen molar-refractivity contribution >= 4 is 5.96 Å². The maximum atomic E-state index is 13.1. The van der Waals surface area contributed by atoms with Gasteiger partial charge in [0.1, 0.15) is 5.82 Å². The highest BCUT2D eigenvalue weighted by molar-refractivity contribution is 5.80. The van der Waals surface area contributed by atoms with E-state index in [9.17, 15) is 4.39 Å². The van der Waals surface area contributed by atoms with E-state index >= 15 is 0 Å². The molecule has 0 aromatic heterocycles. The van der Waals surface area contributed by atoms with Crippen LogP contribution in [-0.4, -0.2) is 56.7 Å². The molecule has 2 fully saturated rings. The highest BCUT2D eigenvalue weighted by Gasteiger charge is 2.31. The van der Waals surface area contributed by atoms with Crippen LogP contribution >= 0.6 is 0 Å². The lowest BCUT2D eigenvalue weighted by atomic mass is 10.1. The van der Waals surface area contributed by atoms with Gasteiger partial charge in [0.25, 0.3) is 0 Å². The minimum absolute atomic E-state index is 0.143. The van der Waals surface area contributed by atoms with Gasteiger partial charge in [-0.3, -0.25) is 4.99 Å². The first-order chi connectivity index (χ1) is 12.2. The summed E-state index contributed by atoms with van der Waals surface area (Å²) in [6, 6.07) is 7.76. The normalized spacial score (nSPS) is 21.2. The van der Waals surface area contributed by atoms with Gasteiger partial charge in [-0.05, 0) is 43.4 Å². The Morgan fingerprint density at radius 1 is 1.24 bits per heavy atom. The molecule has 2 aliphatic rings. The molecule has 1 aliphatic carbocycles. The van der Waals surface area contributed by atoms with Crippen LogP contribution in [0.25, 0.3) is 0 Å². The predicted octanol–water partition coefficient (Wildman–Crippen LogP) is 2.30. The molecule has 138 valence electrons. The summed E-state index contributed by atoms with van der Waals surface area (Å²) in [4.78, 5) is 6.94. The number of nitrogens with zero attached hydrogens (tertiary/aromatic N) is 2. The van der Waals surface area contributed by atoms with Gasteiger partial charge in [0.2, 0.25) is 0 Å². The van der Waals surface area contributed by atoms with Crippen molar-refractivity contribution < 1.29 is 9.13 Å². The molecule has 0 bridgehead atoms. The largest absolute Gasteiger partial charge is 0.375 e. The molecule has 6 heteroatoms. The number of guanidine groups is 1. The standard InChI is InChI=1S/C19H29FN4O/c1-21-19(23-16-9-11-24(12-10-16)17-7-8-17)22-13-18(25-2)14-3-5-15(20)6-4-14/h3-6,16-18H,7-13H2,1-2H3,(H2,21,22,23). The number of rotatable bonds is 6. The number of halogens is 1. The SMILES string of the molecule is CN=C(NCC(OC)c1ccc(F)cc1)NC1CCN(C2CC2)CC1. The van der Waals surface area contributed by atoms with Crippen LogP contribution in [0.2, 0.25) is 0 Å². The topological polar surface area (TPSA) is 48.9 Å². The molecule has 5 nitrogen and oxygen atoms in total. The number of ether oxygens (including phenoxy) is 1. The number of aliphatic imine (C=N–C) groups is 1. The fourth-order valence-corrected chi connectivity index (χ4v) is 3.44. The van der Waals surface area contributed by atoms with Gasteiger partial charge >= 0.3 is 0 Å². The highest BCUT2D eigenvalue weighted by atomic mass is 19.1. The molecule has 2 N–H and O–H groups in total. The molecule has 0 amide bonds. The first-order valence-corrected chi connectivity index (χ1v) is 9.19. The first kappa shape index (κ1) is 18.1. The molecule has 1 unspecified atom stereocenters. The zero-order valence-corrected chi connectivity index (χ0v) is 15.2. The molecule has 1 aromatic rings. The Morgan fingerprint density at radius 3 is 2.48 bits per heavy atom.